The molecule has 0 fully saturated rings. The van der Waals surface area contributed by atoms with Gasteiger partial charge in [-0.1, -0.05) is 48.0 Å². The maximum Gasteiger partial charge on any atom is 0.253 e. The largest absolute Gasteiger partial charge is 0.392 e. The molecule has 0 aromatic heterocycles. The number of nitrogens with one attached hydrogen (secondary N) is 1. The molecule has 0 saturated carbocycles. The molecule has 0 aliphatic carbocycles. The van der Waals surface area contributed by atoms with Gasteiger partial charge in [-0.2, -0.15) is 0 Å². The average Bonchev–Trinajstić information content (AvgIpc) is 2.45. The van der Waals surface area contributed by atoms with E-state index in [1.54, 1.807) is 24.3 Å². The average molecular weight is 276 g/mol. The molecule has 3 nitrogen and oxygen atoms in total. The van der Waals surface area contributed by atoms with Gasteiger partial charge in [-0.15, -0.1) is 0 Å². The molecule has 0 atom stereocenters. The smallest absolute Gasteiger partial charge is 0.253 e. The lowest BCUT2D eigenvalue weighted by atomic mass is 10.1. The van der Waals surface area contributed by atoms with E-state index < -0.39 is 0 Å². The van der Waals surface area contributed by atoms with E-state index in [-0.39, 0.29) is 12.5 Å². The molecule has 0 spiro atoms. The van der Waals surface area contributed by atoms with Gasteiger partial charge in [0.2, 0.25) is 0 Å². The third-order valence-corrected chi connectivity index (χ3v) is 3.08. The second kappa shape index (κ2) is 6.36. The van der Waals surface area contributed by atoms with E-state index in [0.29, 0.717) is 17.1 Å². The fraction of sp³-hybridized carbons (Fsp3) is 0.133. The Hall–Kier alpha value is -1.84. The molecule has 1 amide bonds. The Kier molecular flexibility index (Phi) is 4.55. The second-order valence-corrected chi connectivity index (χ2v) is 4.55. The molecule has 2 aromatic carbocycles. The van der Waals surface area contributed by atoms with Crippen LogP contribution in [0.2, 0.25) is 5.02 Å². The van der Waals surface area contributed by atoms with Crippen LogP contribution >= 0.6 is 11.6 Å². The van der Waals surface area contributed by atoms with Gasteiger partial charge >= 0.3 is 0 Å². The zero-order chi connectivity index (χ0) is 13.7. The summed E-state index contributed by atoms with van der Waals surface area (Å²) in [5.41, 5.74) is 2.22. The lowest BCUT2D eigenvalue weighted by Gasteiger charge is -2.07. The second-order valence-electron chi connectivity index (χ2n) is 4.14. The van der Waals surface area contributed by atoms with Gasteiger partial charge in [0.15, 0.2) is 0 Å². The monoisotopic (exact) mass is 275 g/mol. The van der Waals surface area contributed by atoms with Crippen LogP contribution in [0.1, 0.15) is 21.5 Å². The van der Waals surface area contributed by atoms with Crippen molar-refractivity contribution in [1.82, 2.24) is 5.32 Å². The molecule has 98 valence electrons. The number of aliphatic hydroxyl groups is 1. The minimum atomic E-state index is -0.208. The topological polar surface area (TPSA) is 49.3 Å². The molecule has 0 aliphatic heterocycles. The Morgan fingerprint density at radius 3 is 2.58 bits per heavy atom. The highest BCUT2D eigenvalue weighted by atomic mass is 35.5. The van der Waals surface area contributed by atoms with E-state index in [4.69, 9.17) is 16.7 Å². The summed E-state index contributed by atoms with van der Waals surface area (Å²) < 4.78 is 0. The number of hydrogen-bond donors (Lipinski definition) is 2. The number of aliphatic hydroxyl groups excluding tert-OH is 1. The number of halogens is 1. The molecule has 2 aromatic rings. The van der Waals surface area contributed by atoms with Crippen LogP contribution in [0.4, 0.5) is 0 Å². The fourth-order valence-corrected chi connectivity index (χ4v) is 1.98. The summed E-state index contributed by atoms with van der Waals surface area (Å²) in [5.74, 6) is -0.208. The van der Waals surface area contributed by atoms with Crippen LogP contribution in [0, 0.1) is 0 Å². The highest BCUT2D eigenvalue weighted by Gasteiger charge is 2.08. The molecule has 0 radical (unpaired) electrons. The van der Waals surface area contributed by atoms with Gasteiger partial charge in [-0.3, -0.25) is 4.79 Å². The third-order valence-electron chi connectivity index (χ3n) is 2.75. The van der Waals surface area contributed by atoms with E-state index in [1.807, 2.05) is 24.3 Å². The first-order valence-electron chi connectivity index (χ1n) is 5.92. The molecular weight excluding hydrogens is 262 g/mol. The van der Waals surface area contributed by atoms with E-state index in [9.17, 15) is 4.79 Å². The first-order valence-corrected chi connectivity index (χ1v) is 6.30. The predicted octanol–water partition coefficient (Wildman–Crippen LogP) is 2.76. The maximum absolute atomic E-state index is 11.9. The van der Waals surface area contributed by atoms with Crippen molar-refractivity contribution in [2.24, 2.45) is 0 Å². The normalized spacial score (nSPS) is 10.2. The van der Waals surface area contributed by atoms with Crippen LogP contribution < -0.4 is 5.32 Å². The minimum absolute atomic E-state index is 0.00764. The number of hydrogen-bond acceptors (Lipinski definition) is 2. The highest BCUT2D eigenvalue weighted by Crippen LogP contribution is 2.14. The van der Waals surface area contributed by atoms with Crippen LogP contribution in [0.3, 0.4) is 0 Å². The molecule has 19 heavy (non-hydrogen) atoms. The molecule has 2 rings (SSSR count). The lowest BCUT2D eigenvalue weighted by Crippen LogP contribution is -2.23. The van der Waals surface area contributed by atoms with Crippen molar-refractivity contribution >= 4 is 17.5 Å². The quantitative estimate of drug-likeness (QED) is 0.901. The Morgan fingerprint density at radius 2 is 1.84 bits per heavy atom. The third kappa shape index (κ3) is 3.56. The first kappa shape index (κ1) is 13.6. The van der Waals surface area contributed by atoms with E-state index >= 15 is 0 Å². The van der Waals surface area contributed by atoms with Crippen molar-refractivity contribution in [2.45, 2.75) is 13.2 Å². The summed E-state index contributed by atoms with van der Waals surface area (Å²) >= 11 is 5.95. The van der Waals surface area contributed by atoms with E-state index in [1.165, 1.54) is 0 Å². The Bertz CT molecular complexity index is 584. The van der Waals surface area contributed by atoms with Gasteiger partial charge in [-0.05, 0) is 23.3 Å². The first-order chi connectivity index (χ1) is 9.20. The molecular formula is C15H14ClNO2. The zero-order valence-corrected chi connectivity index (χ0v) is 11.0. The van der Waals surface area contributed by atoms with Crippen LogP contribution in [-0.2, 0) is 13.2 Å². The van der Waals surface area contributed by atoms with Gasteiger partial charge in [0.25, 0.3) is 5.91 Å². The van der Waals surface area contributed by atoms with E-state index in [2.05, 4.69) is 5.32 Å². The highest BCUT2D eigenvalue weighted by molar-refractivity contribution is 6.33. The van der Waals surface area contributed by atoms with Crippen LogP contribution in [0.15, 0.2) is 48.5 Å². The molecule has 4 heteroatoms. The van der Waals surface area contributed by atoms with Crippen LogP contribution in [0.5, 0.6) is 0 Å². The summed E-state index contributed by atoms with van der Waals surface area (Å²) in [6.45, 7) is 0.393. The van der Waals surface area contributed by atoms with Crippen molar-refractivity contribution < 1.29 is 9.90 Å². The molecule has 0 bridgehead atoms. The Balaban J connectivity index is 2.02. The van der Waals surface area contributed by atoms with Crippen molar-refractivity contribution in [3.63, 3.8) is 0 Å². The number of rotatable bonds is 4. The zero-order valence-electron chi connectivity index (χ0n) is 10.3. The van der Waals surface area contributed by atoms with Crippen molar-refractivity contribution in [2.75, 3.05) is 0 Å². The summed E-state index contributed by atoms with van der Waals surface area (Å²) in [5, 5.41) is 12.3. The summed E-state index contributed by atoms with van der Waals surface area (Å²) in [7, 11) is 0. The summed E-state index contributed by atoms with van der Waals surface area (Å²) in [6, 6.07) is 14.3. The predicted molar refractivity (Wildman–Crippen MR) is 75.0 cm³/mol. The van der Waals surface area contributed by atoms with Crippen molar-refractivity contribution in [3.05, 3.63) is 70.2 Å². The Labute approximate surface area is 116 Å². The lowest BCUT2D eigenvalue weighted by molar-refractivity contribution is 0.0951. The summed E-state index contributed by atoms with van der Waals surface area (Å²) in [6.07, 6.45) is 0. The van der Waals surface area contributed by atoms with Gasteiger partial charge in [0.1, 0.15) is 0 Å². The van der Waals surface area contributed by atoms with E-state index in [0.717, 1.165) is 11.1 Å². The number of benzene rings is 2. The fourth-order valence-electron chi connectivity index (χ4n) is 1.76. The van der Waals surface area contributed by atoms with Crippen molar-refractivity contribution in [1.29, 1.82) is 0 Å². The Morgan fingerprint density at radius 1 is 1.11 bits per heavy atom. The molecule has 2 N–H and O–H groups in total. The molecule has 0 aliphatic rings. The van der Waals surface area contributed by atoms with Gasteiger partial charge in [0, 0.05) is 6.54 Å². The minimum Gasteiger partial charge on any atom is -0.392 e. The SMILES string of the molecule is O=C(NCc1cccc(CO)c1)c1ccccc1Cl. The summed E-state index contributed by atoms with van der Waals surface area (Å²) in [4.78, 5) is 11.9. The number of carbonyl (C=O) groups excluding carboxylic acids is 1. The number of carbonyl (C=O) groups is 1. The molecule has 0 heterocycles. The standard InChI is InChI=1S/C15H14ClNO2/c16-14-7-2-1-6-13(14)15(19)17-9-11-4-3-5-12(8-11)10-18/h1-8,18H,9-10H2,(H,17,19). The van der Waals surface area contributed by atoms with Gasteiger partial charge < -0.3 is 10.4 Å². The van der Waals surface area contributed by atoms with Crippen LogP contribution in [-0.4, -0.2) is 11.0 Å². The number of amides is 1. The van der Waals surface area contributed by atoms with Crippen LogP contribution in [0.25, 0.3) is 0 Å². The van der Waals surface area contributed by atoms with Crippen molar-refractivity contribution in [3.8, 4) is 0 Å². The van der Waals surface area contributed by atoms with Gasteiger partial charge in [0.05, 0.1) is 17.2 Å². The van der Waals surface area contributed by atoms with Gasteiger partial charge in [-0.25, -0.2) is 0 Å². The molecule has 0 unspecified atom stereocenters. The molecule has 0 saturated heterocycles. The maximum atomic E-state index is 11.9.